The van der Waals surface area contributed by atoms with E-state index >= 15 is 0 Å². The van der Waals surface area contributed by atoms with Gasteiger partial charge in [0.2, 0.25) is 0 Å². The summed E-state index contributed by atoms with van der Waals surface area (Å²) in [5, 5.41) is 2.99. The van der Waals surface area contributed by atoms with Gasteiger partial charge in [-0.15, -0.1) is 0 Å². The number of carbonyl (C=O) groups excluding carboxylic acids is 1. The third-order valence-electron chi connectivity index (χ3n) is 3.13. The SMILES string of the molecule is COc1ccc(C(=O)N[C@@H](C)c2ccccc2Br)cc1Br. The molecule has 5 heteroatoms. The Morgan fingerprint density at radius 2 is 1.86 bits per heavy atom. The molecular weight excluding hydrogens is 398 g/mol. The van der Waals surface area contributed by atoms with Crippen LogP contribution in [0.1, 0.15) is 28.9 Å². The van der Waals surface area contributed by atoms with Crippen LogP contribution in [0.25, 0.3) is 0 Å². The Morgan fingerprint density at radius 3 is 2.48 bits per heavy atom. The highest BCUT2D eigenvalue weighted by Crippen LogP contribution is 2.26. The Hall–Kier alpha value is -1.33. The zero-order chi connectivity index (χ0) is 15.4. The number of methoxy groups -OCH3 is 1. The molecule has 110 valence electrons. The van der Waals surface area contributed by atoms with Crippen molar-refractivity contribution in [3.63, 3.8) is 0 Å². The molecule has 0 heterocycles. The van der Waals surface area contributed by atoms with Crippen molar-refractivity contribution >= 4 is 37.8 Å². The van der Waals surface area contributed by atoms with E-state index in [1.165, 1.54) is 0 Å². The van der Waals surface area contributed by atoms with Crippen LogP contribution in [0.5, 0.6) is 5.75 Å². The number of ether oxygens (including phenoxy) is 1. The fraction of sp³-hybridized carbons (Fsp3) is 0.188. The van der Waals surface area contributed by atoms with Gasteiger partial charge in [-0.25, -0.2) is 0 Å². The Kier molecular flexibility index (Phi) is 5.42. The average Bonchev–Trinajstić information content (AvgIpc) is 2.47. The fourth-order valence-corrected chi connectivity index (χ4v) is 3.16. The summed E-state index contributed by atoms with van der Waals surface area (Å²) in [6, 6.07) is 13.0. The minimum Gasteiger partial charge on any atom is -0.496 e. The maximum atomic E-state index is 12.3. The summed E-state index contributed by atoms with van der Waals surface area (Å²) in [5.41, 5.74) is 1.63. The van der Waals surface area contributed by atoms with Crippen LogP contribution < -0.4 is 10.1 Å². The second-order valence-corrected chi connectivity index (χ2v) is 6.27. The first-order valence-electron chi connectivity index (χ1n) is 6.41. The van der Waals surface area contributed by atoms with E-state index in [0.29, 0.717) is 11.3 Å². The van der Waals surface area contributed by atoms with E-state index < -0.39 is 0 Å². The van der Waals surface area contributed by atoms with Crippen molar-refractivity contribution in [2.24, 2.45) is 0 Å². The summed E-state index contributed by atoms with van der Waals surface area (Å²) in [5.74, 6) is 0.576. The standard InChI is InChI=1S/C16H15Br2NO2/c1-10(12-5-3-4-6-13(12)17)19-16(20)11-7-8-15(21-2)14(18)9-11/h3-10H,1-2H3,(H,19,20)/t10-/m0/s1. The summed E-state index contributed by atoms with van der Waals surface area (Å²) < 4.78 is 6.90. The first kappa shape index (κ1) is 16.0. The van der Waals surface area contributed by atoms with Gasteiger partial charge in [0.15, 0.2) is 0 Å². The van der Waals surface area contributed by atoms with Crippen LogP contribution in [0.2, 0.25) is 0 Å². The molecule has 2 aromatic carbocycles. The van der Waals surface area contributed by atoms with E-state index in [1.807, 2.05) is 31.2 Å². The van der Waals surface area contributed by atoms with Crippen LogP contribution in [-0.2, 0) is 0 Å². The second-order valence-electron chi connectivity index (χ2n) is 4.57. The lowest BCUT2D eigenvalue weighted by molar-refractivity contribution is 0.0939. The van der Waals surface area contributed by atoms with Crippen LogP contribution in [0.3, 0.4) is 0 Å². The lowest BCUT2D eigenvalue weighted by atomic mass is 10.1. The predicted molar refractivity (Wildman–Crippen MR) is 90.7 cm³/mol. The second kappa shape index (κ2) is 7.09. The molecule has 0 aromatic heterocycles. The molecule has 2 aromatic rings. The van der Waals surface area contributed by atoms with Crippen molar-refractivity contribution in [2.45, 2.75) is 13.0 Å². The van der Waals surface area contributed by atoms with Crippen molar-refractivity contribution < 1.29 is 9.53 Å². The number of benzene rings is 2. The van der Waals surface area contributed by atoms with Crippen LogP contribution in [-0.4, -0.2) is 13.0 Å². The average molecular weight is 413 g/mol. The lowest BCUT2D eigenvalue weighted by Crippen LogP contribution is -2.26. The molecule has 21 heavy (non-hydrogen) atoms. The van der Waals surface area contributed by atoms with Gasteiger partial charge < -0.3 is 10.1 Å². The van der Waals surface area contributed by atoms with Crippen molar-refractivity contribution in [1.82, 2.24) is 5.32 Å². The molecule has 0 aliphatic carbocycles. The van der Waals surface area contributed by atoms with Crippen molar-refractivity contribution in [3.8, 4) is 5.75 Å². The quantitative estimate of drug-likeness (QED) is 0.789. The fourth-order valence-electron chi connectivity index (χ4n) is 1.99. The molecule has 0 aliphatic heterocycles. The molecule has 0 saturated carbocycles. The molecule has 0 unspecified atom stereocenters. The smallest absolute Gasteiger partial charge is 0.251 e. The number of rotatable bonds is 4. The number of hydrogen-bond acceptors (Lipinski definition) is 2. The molecule has 3 nitrogen and oxygen atoms in total. The van der Waals surface area contributed by atoms with E-state index in [2.05, 4.69) is 37.2 Å². The minimum atomic E-state index is -0.124. The molecule has 0 bridgehead atoms. The van der Waals surface area contributed by atoms with Crippen molar-refractivity contribution in [2.75, 3.05) is 7.11 Å². The highest BCUT2D eigenvalue weighted by atomic mass is 79.9. The van der Waals surface area contributed by atoms with Gasteiger partial charge in [0.1, 0.15) is 5.75 Å². The van der Waals surface area contributed by atoms with Gasteiger partial charge in [-0.3, -0.25) is 4.79 Å². The first-order chi connectivity index (χ1) is 10.0. The van der Waals surface area contributed by atoms with Crippen LogP contribution in [0.4, 0.5) is 0 Å². The molecule has 0 fully saturated rings. The van der Waals surface area contributed by atoms with E-state index in [1.54, 1.807) is 25.3 Å². The van der Waals surface area contributed by atoms with Crippen LogP contribution >= 0.6 is 31.9 Å². The largest absolute Gasteiger partial charge is 0.496 e. The van der Waals surface area contributed by atoms with E-state index in [9.17, 15) is 4.79 Å². The Morgan fingerprint density at radius 1 is 1.14 bits per heavy atom. The normalized spacial score (nSPS) is 11.8. The summed E-state index contributed by atoms with van der Waals surface area (Å²) in [6.07, 6.45) is 0. The molecule has 0 spiro atoms. The van der Waals surface area contributed by atoms with Gasteiger partial charge in [0, 0.05) is 10.0 Å². The van der Waals surface area contributed by atoms with E-state index in [4.69, 9.17) is 4.74 Å². The van der Waals surface area contributed by atoms with Gasteiger partial charge in [0.25, 0.3) is 5.91 Å². The number of hydrogen-bond donors (Lipinski definition) is 1. The summed E-state index contributed by atoms with van der Waals surface area (Å²) in [7, 11) is 1.59. The Labute approximate surface area is 141 Å². The third kappa shape index (κ3) is 3.86. The van der Waals surface area contributed by atoms with Gasteiger partial charge in [0.05, 0.1) is 17.6 Å². The molecular formula is C16H15Br2NO2. The summed E-state index contributed by atoms with van der Waals surface area (Å²) >= 11 is 6.88. The molecule has 1 atom stereocenters. The molecule has 0 radical (unpaired) electrons. The number of carbonyl (C=O) groups is 1. The Balaban J connectivity index is 2.14. The lowest BCUT2D eigenvalue weighted by Gasteiger charge is -2.16. The highest BCUT2D eigenvalue weighted by molar-refractivity contribution is 9.10. The number of halogens is 2. The van der Waals surface area contributed by atoms with E-state index in [-0.39, 0.29) is 11.9 Å². The Bertz CT molecular complexity index is 658. The topological polar surface area (TPSA) is 38.3 Å². The van der Waals surface area contributed by atoms with Crippen molar-refractivity contribution in [3.05, 3.63) is 62.5 Å². The van der Waals surface area contributed by atoms with Gasteiger partial charge >= 0.3 is 0 Å². The predicted octanol–water partition coefficient (Wildman–Crippen LogP) is 4.71. The molecule has 0 aliphatic rings. The summed E-state index contributed by atoms with van der Waals surface area (Å²) in [6.45, 7) is 1.95. The maximum Gasteiger partial charge on any atom is 0.251 e. The van der Waals surface area contributed by atoms with Gasteiger partial charge in [-0.2, -0.15) is 0 Å². The third-order valence-corrected chi connectivity index (χ3v) is 4.48. The zero-order valence-electron chi connectivity index (χ0n) is 11.7. The highest BCUT2D eigenvalue weighted by Gasteiger charge is 2.14. The number of nitrogens with one attached hydrogen (secondary N) is 1. The first-order valence-corrected chi connectivity index (χ1v) is 8.00. The minimum absolute atomic E-state index is 0.0889. The van der Waals surface area contributed by atoms with Crippen molar-refractivity contribution in [1.29, 1.82) is 0 Å². The zero-order valence-corrected chi connectivity index (χ0v) is 14.9. The van der Waals surface area contributed by atoms with Gasteiger partial charge in [-0.05, 0) is 52.7 Å². The van der Waals surface area contributed by atoms with E-state index in [0.717, 1.165) is 14.5 Å². The van der Waals surface area contributed by atoms with Gasteiger partial charge in [-0.1, -0.05) is 34.1 Å². The molecule has 2 rings (SSSR count). The molecule has 0 saturated heterocycles. The molecule has 1 N–H and O–H groups in total. The monoisotopic (exact) mass is 411 g/mol. The van der Waals surface area contributed by atoms with Crippen LogP contribution in [0, 0.1) is 0 Å². The summed E-state index contributed by atoms with van der Waals surface area (Å²) in [4.78, 5) is 12.3. The molecule has 1 amide bonds. The number of amides is 1. The van der Waals surface area contributed by atoms with Crippen LogP contribution in [0.15, 0.2) is 51.4 Å². The maximum absolute atomic E-state index is 12.3.